The number of nitrogens with zero attached hydrogens (tertiary/aromatic N) is 5. The molecule has 0 bridgehead atoms. The lowest BCUT2D eigenvalue weighted by atomic mass is 9.85. The number of likely N-dealkylation sites (tertiary alicyclic amines) is 1. The fourth-order valence-corrected chi connectivity index (χ4v) is 5.43. The Kier molecular flexibility index (Phi) is 6.53. The van der Waals surface area contributed by atoms with Gasteiger partial charge in [0.1, 0.15) is 28.7 Å². The normalized spacial score (nSPS) is 18.8. The number of nitrogen functional groups attached to an aromatic ring is 1. The van der Waals surface area contributed by atoms with Gasteiger partial charge in [0.2, 0.25) is 5.91 Å². The molecule has 0 saturated carbocycles. The fraction of sp³-hybridized carbons (Fsp3) is 0.345. The zero-order valence-electron chi connectivity index (χ0n) is 23.6. The first-order chi connectivity index (χ1) is 20.4. The van der Waals surface area contributed by atoms with Crippen molar-refractivity contribution in [1.29, 1.82) is 0 Å². The van der Waals surface area contributed by atoms with Gasteiger partial charge in [0.15, 0.2) is 0 Å². The molecular weight excluding hydrogens is 551 g/mol. The summed E-state index contributed by atoms with van der Waals surface area (Å²) < 4.78 is 54.7. The molecule has 2 amide bonds. The maximum atomic E-state index is 13.2. The molecule has 2 fully saturated rings. The number of nitrogens with one attached hydrogen (secondary N) is 1. The quantitative estimate of drug-likeness (QED) is 0.359. The van der Waals surface area contributed by atoms with Crippen LogP contribution < -0.4 is 11.1 Å². The molecule has 0 radical (unpaired) electrons. The van der Waals surface area contributed by atoms with E-state index in [1.165, 1.54) is 18.3 Å². The number of carbonyl (C=O) groups is 2. The third-order valence-corrected chi connectivity index (χ3v) is 7.72. The molecule has 1 atom stereocenters. The van der Waals surface area contributed by atoms with Crippen molar-refractivity contribution in [1.82, 2.24) is 24.3 Å². The maximum absolute atomic E-state index is 13.2. The Hall–Kier alpha value is -4.52. The number of alkyl halides is 3. The summed E-state index contributed by atoms with van der Waals surface area (Å²) in [5, 5.41) is 2.39. The van der Waals surface area contributed by atoms with Gasteiger partial charge in [-0.2, -0.15) is 13.2 Å². The molecule has 218 valence electrons. The molecule has 3 N–H and O–H groups in total. The molecule has 5 heterocycles. The van der Waals surface area contributed by atoms with Gasteiger partial charge in [-0.05, 0) is 44.0 Å². The number of ether oxygens (including phenoxy) is 1. The zero-order chi connectivity index (χ0) is 30.5. The number of hydrogen-bond donors (Lipinski definition) is 2. The standard InChI is InChI=1S/C29H28F3N7O3/c1-28(15-42-16-28)27(41)38-11-2-3-19(14-38)25-37-22(23-24(33)35-10-12-39(23)25)17-4-6-18(7-5-17)26(40)36-21-13-20(8-9-34-21)29(30,31)32/h4-10,12-13,19H,2-3,11,14-16H2,1H3,(H2,33,35)(H,34,36,40)/i12D. The highest BCUT2D eigenvalue weighted by Crippen LogP contribution is 2.36. The van der Waals surface area contributed by atoms with Crippen LogP contribution in [0, 0.1) is 5.41 Å². The monoisotopic (exact) mass is 580 g/mol. The van der Waals surface area contributed by atoms with E-state index in [9.17, 15) is 22.8 Å². The highest BCUT2D eigenvalue weighted by atomic mass is 19.4. The van der Waals surface area contributed by atoms with Crippen molar-refractivity contribution in [2.24, 2.45) is 5.41 Å². The van der Waals surface area contributed by atoms with E-state index in [2.05, 4.69) is 15.3 Å². The van der Waals surface area contributed by atoms with Crippen LogP contribution in [-0.4, -0.2) is 62.4 Å². The number of hydrogen-bond acceptors (Lipinski definition) is 7. The predicted molar refractivity (Wildman–Crippen MR) is 148 cm³/mol. The molecule has 2 aliphatic heterocycles. The number of aromatic nitrogens is 4. The van der Waals surface area contributed by atoms with E-state index in [0.717, 1.165) is 31.2 Å². The zero-order valence-corrected chi connectivity index (χ0v) is 22.6. The Labute approximate surface area is 240 Å². The van der Waals surface area contributed by atoms with E-state index in [1.807, 2.05) is 11.8 Å². The SMILES string of the molecule is [2H]c1cnc(N)c2c(-c3ccc(C(=O)Nc4cc(C(F)(F)F)ccn4)cc3)nc(C3CCCN(C(=O)C4(C)COC4)C3)n12. The molecule has 4 aromatic rings. The second-order valence-corrected chi connectivity index (χ2v) is 10.9. The van der Waals surface area contributed by atoms with Crippen LogP contribution in [0.1, 0.15) is 48.8 Å². The van der Waals surface area contributed by atoms with Crippen LogP contribution in [0.15, 0.2) is 55.0 Å². The van der Waals surface area contributed by atoms with Gasteiger partial charge in [0.25, 0.3) is 5.91 Å². The van der Waals surface area contributed by atoms with Crippen LogP contribution >= 0.6 is 0 Å². The second kappa shape index (κ2) is 10.4. The Morgan fingerprint density at radius 1 is 1.17 bits per heavy atom. The molecule has 2 aliphatic rings. The van der Waals surface area contributed by atoms with Gasteiger partial charge in [-0.25, -0.2) is 15.0 Å². The summed E-state index contributed by atoms with van der Waals surface area (Å²) in [5.41, 5.74) is 6.52. The average Bonchev–Trinajstić information content (AvgIpc) is 3.39. The third kappa shape index (κ3) is 5.04. The number of piperidine rings is 1. The van der Waals surface area contributed by atoms with Crippen LogP contribution in [0.3, 0.4) is 0 Å². The van der Waals surface area contributed by atoms with Gasteiger partial charge in [-0.1, -0.05) is 12.1 Å². The van der Waals surface area contributed by atoms with Crippen LogP contribution in [-0.2, 0) is 15.7 Å². The van der Waals surface area contributed by atoms with Gasteiger partial charge < -0.3 is 20.7 Å². The summed E-state index contributed by atoms with van der Waals surface area (Å²) in [6.07, 6.45) is -0.613. The number of halogens is 3. The number of fused-ring (bicyclic) bond motifs is 1. The smallest absolute Gasteiger partial charge is 0.382 e. The number of carbonyl (C=O) groups excluding carboxylic acids is 2. The van der Waals surface area contributed by atoms with Crippen LogP contribution in [0.25, 0.3) is 16.8 Å². The van der Waals surface area contributed by atoms with Crippen LogP contribution in [0.5, 0.6) is 0 Å². The largest absolute Gasteiger partial charge is 0.416 e. The van der Waals surface area contributed by atoms with Gasteiger partial charge in [0.05, 0.1) is 25.6 Å². The first-order valence-corrected chi connectivity index (χ1v) is 13.4. The fourth-order valence-electron chi connectivity index (χ4n) is 5.43. The molecule has 1 unspecified atom stereocenters. The van der Waals surface area contributed by atoms with E-state index in [4.69, 9.17) is 16.8 Å². The Morgan fingerprint density at radius 3 is 2.62 bits per heavy atom. The Bertz CT molecular complexity index is 1720. The second-order valence-electron chi connectivity index (χ2n) is 10.9. The van der Waals surface area contributed by atoms with E-state index < -0.39 is 23.1 Å². The molecule has 6 rings (SSSR count). The molecule has 13 heteroatoms. The first-order valence-electron chi connectivity index (χ1n) is 13.9. The van der Waals surface area contributed by atoms with Crippen molar-refractivity contribution >= 4 is 29.0 Å². The topological polar surface area (TPSA) is 128 Å². The van der Waals surface area contributed by atoms with Gasteiger partial charge >= 0.3 is 6.18 Å². The van der Waals surface area contributed by atoms with Crippen molar-refractivity contribution in [2.45, 2.75) is 31.9 Å². The predicted octanol–water partition coefficient (Wildman–Crippen LogP) is 4.39. The number of anilines is 2. The molecule has 0 aliphatic carbocycles. The van der Waals surface area contributed by atoms with Gasteiger partial charge in [-0.15, -0.1) is 0 Å². The van der Waals surface area contributed by atoms with Crippen molar-refractivity contribution in [2.75, 3.05) is 37.4 Å². The highest BCUT2D eigenvalue weighted by Gasteiger charge is 2.45. The molecule has 2 saturated heterocycles. The van der Waals surface area contributed by atoms with Crippen molar-refractivity contribution in [3.63, 3.8) is 0 Å². The van der Waals surface area contributed by atoms with Crippen LogP contribution in [0.2, 0.25) is 0 Å². The Balaban J connectivity index is 1.29. The lowest BCUT2D eigenvalue weighted by molar-refractivity contribution is -0.170. The minimum atomic E-state index is -4.57. The number of benzene rings is 1. The van der Waals surface area contributed by atoms with Gasteiger partial charge in [-0.3, -0.25) is 14.0 Å². The molecule has 0 spiro atoms. The average molecular weight is 581 g/mol. The number of imidazole rings is 1. The maximum Gasteiger partial charge on any atom is 0.416 e. The summed E-state index contributed by atoms with van der Waals surface area (Å²) in [5.74, 6) is -0.209. The van der Waals surface area contributed by atoms with E-state index in [1.54, 1.807) is 16.5 Å². The minimum Gasteiger partial charge on any atom is -0.382 e. The lowest BCUT2D eigenvalue weighted by Gasteiger charge is -2.42. The molecule has 10 nitrogen and oxygen atoms in total. The van der Waals surface area contributed by atoms with Crippen molar-refractivity contribution in [3.8, 4) is 11.3 Å². The third-order valence-electron chi connectivity index (χ3n) is 7.72. The summed E-state index contributed by atoms with van der Waals surface area (Å²) in [4.78, 5) is 40.7. The molecule has 42 heavy (non-hydrogen) atoms. The lowest BCUT2D eigenvalue weighted by Crippen LogP contribution is -2.55. The molecule has 1 aromatic carbocycles. The number of amides is 2. The molecular formula is C29H28F3N7O3. The highest BCUT2D eigenvalue weighted by molar-refractivity contribution is 6.04. The first kappa shape index (κ1) is 26.4. The number of rotatable bonds is 5. The van der Waals surface area contributed by atoms with Crippen molar-refractivity contribution in [3.05, 3.63) is 71.9 Å². The Morgan fingerprint density at radius 2 is 1.93 bits per heavy atom. The van der Waals surface area contributed by atoms with E-state index in [-0.39, 0.29) is 35.2 Å². The van der Waals surface area contributed by atoms with Gasteiger partial charge in [0, 0.05) is 48.7 Å². The van der Waals surface area contributed by atoms with Crippen molar-refractivity contribution < 1.29 is 28.9 Å². The summed E-state index contributed by atoms with van der Waals surface area (Å²) in [6, 6.07) is 7.90. The number of pyridine rings is 1. The molecule has 3 aromatic heterocycles. The number of nitrogens with two attached hydrogens (primary N) is 1. The summed E-state index contributed by atoms with van der Waals surface area (Å²) in [6.45, 7) is 3.77. The van der Waals surface area contributed by atoms with E-state index >= 15 is 0 Å². The summed E-state index contributed by atoms with van der Waals surface area (Å²) in [7, 11) is 0. The minimum absolute atomic E-state index is 0.0472. The summed E-state index contributed by atoms with van der Waals surface area (Å²) >= 11 is 0. The van der Waals surface area contributed by atoms with Crippen LogP contribution in [0.4, 0.5) is 24.8 Å². The van der Waals surface area contributed by atoms with E-state index in [0.29, 0.717) is 48.9 Å².